The summed E-state index contributed by atoms with van der Waals surface area (Å²) in [5.41, 5.74) is -2.86. The van der Waals surface area contributed by atoms with Crippen LogP contribution in [0, 0.1) is 11.3 Å². The monoisotopic (exact) mass is 478 g/mol. The summed E-state index contributed by atoms with van der Waals surface area (Å²) in [5.74, 6) is -1.77. The van der Waals surface area contributed by atoms with Crippen molar-refractivity contribution in [1.29, 1.82) is 0 Å². The molecule has 0 aliphatic carbocycles. The summed E-state index contributed by atoms with van der Waals surface area (Å²) < 4.78 is 15.5. The maximum absolute atomic E-state index is 13.5. The van der Waals surface area contributed by atoms with Gasteiger partial charge in [-0.05, 0) is 66.0 Å². The van der Waals surface area contributed by atoms with Crippen molar-refractivity contribution in [3.05, 3.63) is 17.8 Å². The third-order valence-corrected chi connectivity index (χ3v) is 5.23. The van der Waals surface area contributed by atoms with E-state index in [9.17, 15) is 19.2 Å². The Morgan fingerprint density at radius 3 is 2.21 bits per heavy atom. The molecule has 11 heteroatoms. The molecule has 1 fully saturated rings. The number of aromatic nitrogens is 2. The van der Waals surface area contributed by atoms with Crippen molar-refractivity contribution in [1.82, 2.24) is 15.1 Å². The molecule has 2 heterocycles. The van der Waals surface area contributed by atoms with Crippen LogP contribution >= 0.6 is 0 Å². The molecule has 2 rings (SSSR count). The standard InChI is InChI=1S/C23H34N4O7/c1-14-11-12-27(20(31)34-22(5,6)7)17(28)23(14,18(29)32-8)13-15-9-10-16(26-25-15)24-19(30)33-21(2,3)4/h9-10,14H,11-13H2,1-8H3,(H,24,26,30). The summed E-state index contributed by atoms with van der Waals surface area (Å²) in [5, 5.41) is 10.5. The van der Waals surface area contributed by atoms with Gasteiger partial charge in [0.1, 0.15) is 11.2 Å². The molecule has 188 valence electrons. The number of amides is 3. The molecule has 0 spiro atoms. The van der Waals surface area contributed by atoms with E-state index in [1.54, 1.807) is 48.5 Å². The van der Waals surface area contributed by atoms with Crippen LogP contribution in [0.2, 0.25) is 0 Å². The Morgan fingerprint density at radius 2 is 1.71 bits per heavy atom. The van der Waals surface area contributed by atoms with Crippen LogP contribution < -0.4 is 5.32 Å². The van der Waals surface area contributed by atoms with Gasteiger partial charge in [0.05, 0.1) is 12.8 Å². The second-order valence-electron chi connectivity index (χ2n) is 10.3. The van der Waals surface area contributed by atoms with Crippen molar-refractivity contribution in [3.63, 3.8) is 0 Å². The minimum atomic E-state index is -1.68. The van der Waals surface area contributed by atoms with Gasteiger partial charge in [-0.2, -0.15) is 5.10 Å². The first-order valence-electron chi connectivity index (χ1n) is 11.0. The molecule has 34 heavy (non-hydrogen) atoms. The van der Waals surface area contributed by atoms with Crippen LogP contribution in [0.3, 0.4) is 0 Å². The molecule has 1 aliphatic heterocycles. The number of likely N-dealkylation sites (tertiary alicyclic amines) is 1. The van der Waals surface area contributed by atoms with Crippen molar-refractivity contribution in [2.45, 2.75) is 72.5 Å². The number of anilines is 1. The molecule has 11 nitrogen and oxygen atoms in total. The third kappa shape index (κ3) is 6.42. The number of carbonyl (C=O) groups is 4. The average molecular weight is 479 g/mol. The molecule has 1 aliphatic rings. The summed E-state index contributed by atoms with van der Waals surface area (Å²) in [4.78, 5) is 52.1. The summed E-state index contributed by atoms with van der Waals surface area (Å²) in [6.07, 6.45) is -1.27. The molecular formula is C23H34N4O7. The van der Waals surface area contributed by atoms with E-state index in [0.717, 1.165) is 4.90 Å². The number of hydrogen-bond acceptors (Lipinski definition) is 9. The Hall–Kier alpha value is -3.24. The van der Waals surface area contributed by atoms with Crippen molar-refractivity contribution in [2.24, 2.45) is 11.3 Å². The molecule has 2 unspecified atom stereocenters. The number of nitrogens with zero attached hydrogens (tertiary/aromatic N) is 3. The van der Waals surface area contributed by atoms with E-state index < -0.39 is 46.6 Å². The van der Waals surface area contributed by atoms with Crippen LogP contribution in [-0.4, -0.2) is 64.0 Å². The predicted octanol–water partition coefficient (Wildman–Crippen LogP) is 3.33. The van der Waals surface area contributed by atoms with Crippen LogP contribution in [0.1, 0.15) is 60.6 Å². The lowest BCUT2D eigenvalue weighted by Gasteiger charge is -2.42. The Morgan fingerprint density at radius 1 is 1.09 bits per heavy atom. The fourth-order valence-electron chi connectivity index (χ4n) is 3.62. The fourth-order valence-corrected chi connectivity index (χ4v) is 3.62. The topological polar surface area (TPSA) is 137 Å². The molecule has 0 bridgehead atoms. The Labute approximate surface area is 199 Å². The van der Waals surface area contributed by atoms with Crippen LogP contribution in [0.15, 0.2) is 12.1 Å². The largest absolute Gasteiger partial charge is 0.468 e. The quantitative estimate of drug-likeness (QED) is 0.392. The first kappa shape index (κ1) is 27.0. The maximum atomic E-state index is 13.5. The zero-order valence-electron chi connectivity index (χ0n) is 21.1. The number of nitrogens with one attached hydrogen (secondary N) is 1. The van der Waals surface area contributed by atoms with Crippen molar-refractivity contribution < 1.29 is 33.4 Å². The van der Waals surface area contributed by atoms with Crippen molar-refractivity contribution in [3.8, 4) is 0 Å². The van der Waals surface area contributed by atoms with Crippen molar-refractivity contribution in [2.75, 3.05) is 19.0 Å². The molecule has 1 aromatic rings. The van der Waals surface area contributed by atoms with E-state index in [1.807, 2.05) is 0 Å². The Kier molecular flexibility index (Phi) is 7.90. The fraction of sp³-hybridized carbons (Fsp3) is 0.652. The number of methoxy groups -OCH3 is 1. The van der Waals surface area contributed by atoms with Gasteiger partial charge in [0, 0.05) is 13.0 Å². The molecule has 0 aromatic carbocycles. The first-order chi connectivity index (χ1) is 15.6. The van der Waals surface area contributed by atoms with Gasteiger partial charge in [-0.3, -0.25) is 14.9 Å². The predicted molar refractivity (Wildman–Crippen MR) is 122 cm³/mol. The summed E-state index contributed by atoms with van der Waals surface area (Å²) in [7, 11) is 1.19. The van der Waals surface area contributed by atoms with Gasteiger partial charge in [0.2, 0.25) is 5.91 Å². The van der Waals surface area contributed by atoms with E-state index in [-0.39, 0.29) is 18.8 Å². The summed E-state index contributed by atoms with van der Waals surface area (Å²) in [6.45, 7) is 12.2. The number of imide groups is 1. The molecule has 0 radical (unpaired) electrons. The lowest BCUT2D eigenvalue weighted by atomic mass is 9.68. The lowest BCUT2D eigenvalue weighted by Crippen LogP contribution is -2.60. The molecular weight excluding hydrogens is 444 g/mol. The molecule has 2 atom stereocenters. The van der Waals surface area contributed by atoms with E-state index in [4.69, 9.17) is 14.2 Å². The molecule has 3 amide bonds. The molecule has 1 saturated heterocycles. The number of hydrogen-bond donors (Lipinski definition) is 1. The number of ether oxygens (including phenoxy) is 3. The van der Waals surface area contributed by atoms with Gasteiger partial charge < -0.3 is 14.2 Å². The SMILES string of the molecule is COC(=O)C1(Cc2ccc(NC(=O)OC(C)(C)C)nn2)C(=O)N(C(=O)OC(C)(C)C)CCC1C. The van der Waals surface area contributed by atoms with Gasteiger partial charge in [0.15, 0.2) is 11.2 Å². The van der Waals surface area contributed by atoms with E-state index in [0.29, 0.717) is 12.1 Å². The molecule has 0 saturated carbocycles. The van der Waals surface area contributed by atoms with E-state index >= 15 is 0 Å². The minimum absolute atomic E-state index is 0.123. The summed E-state index contributed by atoms with van der Waals surface area (Å²) in [6, 6.07) is 3.03. The second kappa shape index (κ2) is 9.94. The van der Waals surface area contributed by atoms with E-state index in [2.05, 4.69) is 15.5 Å². The highest BCUT2D eigenvalue weighted by atomic mass is 16.6. The first-order valence-corrected chi connectivity index (χ1v) is 11.0. The minimum Gasteiger partial charge on any atom is -0.468 e. The van der Waals surface area contributed by atoms with Gasteiger partial charge >= 0.3 is 18.2 Å². The zero-order valence-corrected chi connectivity index (χ0v) is 21.1. The molecule has 1 N–H and O–H groups in total. The number of carbonyl (C=O) groups excluding carboxylic acids is 4. The lowest BCUT2D eigenvalue weighted by molar-refractivity contribution is -0.170. The zero-order chi connectivity index (χ0) is 25.9. The van der Waals surface area contributed by atoms with Crippen LogP contribution in [0.25, 0.3) is 0 Å². The van der Waals surface area contributed by atoms with Crippen LogP contribution in [0.5, 0.6) is 0 Å². The number of rotatable bonds is 4. The number of esters is 1. The van der Waals surface area contributed by atoms with Gasteiger partial charge in [-0.1, -0.05) is 6.92 Å². The van der Waals surface area contributed by atoms with E-state index in [1.165, 1.54) is 19.2 Å². The normalized spacial score (nSPS) is 21.0. The van der Waals surface area contributed by atoms with Gasteiger partial charge in [-0.15, -0.1) is 5.10 Å². The summed E-state index contributed by atoms with van der Waals surface area (Å²) >= 11 is 0. The smallest absolute Gasteiger partial charge is 0.417 e. The average Bonchev–Trinajstić information content (AvgIpc) is 2.69. The van der Waals surface area contributed by atoms with Crippen LogP contribution in [0.4, 0.5) is 15.4 Å². The highest BCUT2D eigenvalue weighted by Crippen LogP contribution is 2.41. The van der Waals surface area contributed by atoms with Gasteiger partial charge in [-0.25, -0.2) is 14.5 Å². The second-order valence-corrected chi connectivity index (χ2v) is 10.3. The maximum Gasteiger partial charge on any atom is 0.417 e. The van der Waals surface area contributed by atoms with Crippen molar-refractivity contribution >= 4 is 29.9 Å². The molecule has 1 aromatic heterocycles. The highest BCUT2D eigenvalue weighted by Gasteiger charge is 2.57. The number of piperidine rings is 1. The highest BCUT2D eigenvalue weighted by molar-refractivity contribution is 6.08. The third-order valence-electron chi connectivity index (χ3n) is 5.23. The Bertz CT molecular complexity index is 934. The van der Waals surface area contributed by atoms with Crippen LogP contribution in [-0.2, 0) is 30.2 Å². The Balaban J connectivity index is 2.30. The van der Waals surface area contributed by atoms with Gasteiger partial charge in [0.25, 0.3) is 0 Å².